The third-order valence-electron chi connectivity index (χ3n) is 9.04. The molecule has 0 radical (unpaired) electrons. The maximum Gasteiger partial charge on any atom is 0.349 e. The van der Waals surface area contributed by atoms with E-state index in [2.05, 4.69) is 6.92 Å². The van der Waals surface area contributed by atoms with E-state index in [-0.39, 0.29) is 17.1 Å². The molecule has 1 fully saturated rings. The molecule has 1 aromatic rings. The van der Waals surface area contributed by atoms with Gasteiger partial charge in [-0.2, -0.15) is 0 Å². The summed E-state index contributed by atoms with van der Waals surface area (Å²) < 4.78 is 34.3. The number of benzene rings is 1. The van der Waals surface area contributed by atoms with Crippen LogP contribution in [0.1, 0.15) is 67.8 Å². The van der Waals surface area contributed by atoms with Gasteiger partial charge in [0.25, 0.3) is 0 Å². The molecule has 1 spiro atoms. The number of phenols is 1. The fourth-order valence-corrected chi connectivity index (χ4v) is 7.69. The molecule has 228 valence electrons. The number of halogens is 1. The first-order valence-electron chi connectivity index (χ1n) is 13.9. The number of carbonyl (C=O) groups is 3. The van der Waals surface area contributed by atoms with Gasteiger partial charge in [-0.05, 0) is 55.5 Å². The van der Waals surface area contributed by atoms with Crippen molar-refractivity contribution < 1.29 is 53.0 Å². The Morgan fingerprint density at radius 2 is 1.74 bits per heavy atom. The zero-order valence-electron chi connectivity index (χ0n) is 24.2. The van der Waals surface area contributed by atoms with Gasteiger partial charge in [0.1, 0.15) is 28.2 Å². The van der Waals surface area contributed by atoms with Crippen LogP contribution in [0.15, 0.2) is 35.8 Å². The monoisotopic (exact) mass is 606 g/mol. The minimum atomic E-state index is -2.96. The molecule has 12 heteroatoms. The summed E-state index contributed by atoms with van der Waals surface area (Å²) in [6.07, 6.45) is 6.85. The topological polar surface area (TPSA) is 147 Å². The summed E-state index contributed by atoms with van der Waals surface area (Å²) in [5.74, 6) is -9.53. The van der Waals surface area contributed by atoms with Crippen molar-refractivity contribution in [3.8, 4) is 11.5 Å². The summed E-state index contributed by atoms with van der Waals surface area (Å²) >= 11 is 7.45. The Kier molecular flexibility index (Phi) is 7.21. The van der Waals surface area contributed by atoms with Gasteiger partial charge in [0.2, 0.25) is 0 Å². The molecule has 5 atom stereocenters. The molecular formula is C30H35ClO11. The van der Waals surface area contributed by atoms with Crippen LogP contribution < -0.4 is 4.74 Å². The number of aryl methyl sites for hydroxylation is 1. The zero-order chi connectivity index (χ0) is 30.7. The molecular weight excluding hydrogens is 572 g/mol. The number of rotatable bonds is 9. The van der Waals surface area contributed by atoms with Crippen molar-refractivity contribution in [2.45, 2.75) is 75.2 Å². The summed E-state index contributed by atoms with van der Waals surface area (Å²) in [6, 6.07) is 2.77. The molecule has 0 saturated heterocycles. The van der Waals surface area contributed by atoms with Crippen molar-refractivity contribution in [3.63, 3.8) is 0 Å². The summed E-state index contributed by atoms with van der Waals surface area (Å²) in [7, 11) is 3.53. The molecule has 0 amide bonds. The van der Waals surface area contributed by atoms with Gasteiger partial charge >= 0.3 is 29.5 Å². The maximum atomic E-state index is 14.0. The molecule has 42 heavy (non-hydrogen) atoms. The number of ether oxygens (including phenoxy) is 6. The predicted octanol–water partition coefficient (Wildman–Crippen LogP) is 4.15. The number of phenolic OH excluding ortho intramolecular Hbond substituents is 1. The average molecular weight is 607 g/mol. The summed E-state index contributed by atoms with van der Waals surface area (Å²) in [5, 5.41) is 23.2. The first kappa shape index (κ1) is 30.0. The SMILES string of the molecule is CCCCCCCC1=COC2(O)C3(OC(=O)c4c(O)cc(C)cc4O3)C3(C(=O)OC)C=C(OC)C2(Cl)C1(C(=O)OC)C3. The average Bonchev–Trinajstić information content (AvgIpc) is 2.95. The van der Waals surface area contributed by atoms with E-state index in [1.165, 1.54) is 38.7 Å². The van der Waals surface area contributed by atoms with Crippen molar-refractivity contribution in [1.29, 1.82) is 0 Å². The molecule has 0 aromatic heterocycles. The summed E-state index contributed by atoms with van der Waals surface area (Å²) in [6.45, 7) is 3.75. The maximum absolute atomic E-state index is 14.0. The third-order valence-corrected chi connectivity index (χ3v) is 9.81. The van der Waals surface area contributed by atoms with Crippen molar-refractivity contribution in [3.05, 3.63) is 46.9 Å². The van der Waals surface area contributed by atoms with Gasteiger partial charge < -0.3 is 38.6 Å². The number of fused-ring (bicyclic) bond motifs is 1. The summed E-state index contributed by atoms with van der Waals surface area (Å²) in [4.78, 5) is 39.2. The minimum absolute atomic E-state index is 0.196. The van der Waals surface area contributed by atoms with Crippen LogP contribution in [-0.4, -0.2) is 65.9 Å². The lowest BCUT2D eigenvalue weighted by Gasteiger charge is -2.69. The largest absolute Gasteiger partial charge is 0.507 e. The highest BCUT2D eigenvalue weighted by Crippen LogP contribution is 2.76. The van der Waals surface area contributed by atoms with E-state index in [4.69, 9.17) is 40.0 Å². The van der Waals surface area contributed by atoms with E-state index in [1.54, 1.807) is 6.92 Å². The van der Waals surface area contributed by atoms with Crippen LogP contribution in [0.25, 0.3) is 0 Å². The minimum Gasteiger partial charge on any atom is -0.507 e. The van der Waals surface area contributed by atoms with E-state index < -0.39 is 57.4 Å². The molecule has 2 N–H and O–H groups in total. The van der Waals surface area contributed by atoms with Crippen LogP contribution in [0.4, 0.5) is 0 Å². The van der Waals surface area contributed by atoms with Gasteiger partial charge in [-0.25, -0.2) is 4.79 Å². The van der Waals surface area contributed by atoms with Crippen LogP contribution in [0.5, 0.6) is 11.5 Å². The Bertz CT molecular complexity index is 1400. The normalized spacial score (nSPS) is 33.8. The number of unbranched alkanes of at least 4 members (excludes halogenated alkanes) is 4. The first-order valence-corrected chi connectivity index (χ1v) is 14.3. The Morgan fingerprint density at radius 3 is 2.38 bits per heavy atom. The number of hydrogen-bond acceptors (Lipinski definition) is 11. The van der Waals surface area contributed by atoms with E-state index in [9.17, 15) is 24.6 Å². The molecule has 2 aliphatic heterocycles. The number of hydrogen-bond donors (Lipinski definition) is 2. The lowest BCUT2D eigenvalue weighted by molar-refractivity contribution is -0.421. The number of aromatic hydroxyl groups is 1. The number of alkyl halides is 1. The highest BCUT2D eigenvalue weighted by Gasteiger charge is 2.95. The van der Waals surface area contributed by atoms with Crippen LogP contribution >= 0.6 is 11.6 Å². The Balaban J connectivity index is 1.80. The van der Waals surface area contributed by atoms with Gasteiger partial charge in [-0.15, -0.1) is 11.6 Å². The third kappa shape index (κ3) is 3.40. The van der Waals surface area contributed by atoms with Crippen molar-refractivity contribution in [1.82, 2.24) is 0 Å². The smallest absolute Gasteiger partial charge is 0.349 e. The van der Waals surface area contributed by atoms with Gasteiger partial charge in [0.15, 0.2) is 10.3 Å². The van der Waals surface area contributed by atoms with Crippen LogP contribution in [0, 0.1) is 17.8 Å². The van der Waals surface area contributed by atoms with Gasteiger partial charge in [0.05, 0.1) is 27.6 Å². The number of methoxy groups -OCH3 is 3. The highest BCUT2D eigenvalue weighted by molar-refractivity contribution is 6.30. The van der Waals surface area contributed by atoms with E-state index in [0.29, 0.717) is 24.0 Å². The molecule has 5 unspecified atom stereocenters. The molecule has 11 nitrogen and oxygen atoms in total. The Morgan fingerprint density at radius 1 is 1.05 bits per heavy atom. The van der Waals surface area contributed by atoms with Crippen molar-refractivity contribution in [2.75, 3.05) is 21.3 Å². The second-order valence-electron chi connectivity index (χ2n) is 11.2. The Hall–Kier alpha value is -3.44. The zero-order valence-corrected chi connectivity index (χ0v) is 25.0. The van der Waals surface area contributed by atoms with Gasteiger partial charge in [-0.1, -0.05) is 32.6 Å². The predicted molar refractivity (Wildman–Crippen MR) is 146 cm³/mol. The second kappa shape index (κ2) is 10.1. The molecule has 1 aromatic carbocycles. The lowest BCUT2D eigenvalue weighted by atomic mass is 9.43. The fourth-order valence-electron chi connectivity index (χ4n) is 7.13. The first-order chi connectivity index (χ1) is 19.9. The lowest BCUT2D eigenvalue weighted by Crippen LogP contribution is -2.89. The van der Waals surface area contributed by atoms with Crippen molar-refractivity contribution >= 4 is 29.5 Å². The standard InChI is InChI=1S/C30H35ClO11/c1-6-7-8-9-10-11-18-15-40-29(36)28(31)21(37-3)14-26(24(34)38-4,16-27(18,28)25(35)39-5)30(29)41-20-13-17(2)12-19(32)22(20)23(33)42-30/h12-15,32,36H,6-11,16H2,1-5H3. The molecule has 2 heterocycles. The van der Waals surface area contributed by atoms with Gasteiger partial charge in [-0.3, -0.25) is 9.59 Å². The van der Waals surface area contributed by atoms with Crippen LogP contribution in [-0.2, 0) is 33.3 Å². The Labute approximate surface area is 248 Å². The van der Waals surface area contributed by atoms with E-state index >= 15 is 0 Å². The number of carbonyl (C=O) groups excluding carboxylic acids is 3. The quantitative estimate of drug-likeness (QED) is 0.181. The fraction of sp³-hybridized carbons (Fsp3) is 0.567. The highest BCUT2D eigenvalue weighted by atomic mass is 35.5. The molecule has 4 bridgehead atoms. The van der Waals surface area contributed by atoms with Crippen LogP contribution in [0.3, 0.4) is 0 Å². The number of aliphatic hydroxyl groups is 1. The van der Waals surface area contributed by atoms with Crippen molar-refractivity contribution in [2.24, 2.45) is 10.8 Å². The molecule has 6 rings (SSSR count). The number of esters is 3. The summed E-state index contributed by atoms with van der Waals surface area (Å²) in [5.41, 5.74) is -3.64. The molecule has 3 aliphatic carbocycles. The van der Waals surface area contributed by atoms with Gasteiger partial charge in [0, 0.05) is 0 Å². The van der Waals surface area contributed by atoms with E-state index in [0.717, 1.165) is 32.8 Å². The molecule has 5 aliphatic rings. The van der Waals surface area contributed by atoms with Crippen LogP contribution in [0.2, 0.25) is 0 Å². The second-order valence-corrected chi connectivity index (χ2v) is 11.8. The van der Waals surface area contributed by atoms with E-state index in [1.807, 2.05) is 0 Å². The molecule has 1 saturated carbocycles.